The Kier molecular flexibility index (Phi) is 5.61. The average molecular weight is 623 g/mol. The highest BCUT2D eigenvalue weighted by molar-refractivity contribution is 6.29. The van der Waals surface area contributed by atoms with Crippen LogP contribution in [-0.2, 0) is 0 Å². The van der Waals surface area contributed by atoms with Crippen LogP contribution in [0.15, 0.2) is 146 Å². The number of hydrogen-bond acceptors (Lipinski definition) is 2. The Bertz CT molecular complexity index is 2870. The summed E-state index contributed by atoms with van der Waals surface area (Å²) in [6.07, 6.45) is 0. The lowest BCUT2D eigenvalue weighted by atomic mass is 10.0. The van der Waals surface area contributed by atoms with Crippen LogP contribution in [-0.4, -0.2) is 18.9 Å². The molecule has 0 aliphatic rings. The second-order valence-electron chi connectivity index (χ2n) is 12.1. The van der Waals surface area contributed by atoms with Crippen LogP contribution in [0.5, 0.6) is 0 Å². The van der Waals surface area contributed by atoms with E-state index in [0.29, 0.717) is 22.6 Å². The summed E-state index contributed by atoms with van der Waals surface area (Å²) in [5.41, 5.74) is 8.67. The first-order valence-electron chi connectivity index (χ1n) is 15.8. The van der Waals surface area contributed by atoms with Gasteiger partial charge in [-0.25, -0.2) is 18.7 Å². The molecule has 4 heterocycles. The van der Waals surface area contributed by atoms with Gasteiger partial charge in [-0.2, -0.15) is 0 Å². The van der Waals surface area contributed by atoms with Crippen molar-refractivity contribution < 1.29 is 8.78 Å². The SMILES string of the molecule is Fc1cccc(-c2cc(-c3cccc(F)c3)nc(-n3c4ccccc4c4c5c6ccccc6c6nc7ccccc7n6c5ccc43)c2)c1. The first-order valence-corrected chi connectivity index (χ1v) is 15.8. The average Bonchev–Trinajstić information content (AvgIpc) is 3.68. The van der Waals surface area contributed by atoms with Gasteiger partial charge in [-0.05, 0) is 83.2 Å². The highest BCUT2D eigenvalue weighted by Crippen LogP contribution is 2.42. The molecule has 226 valence electrons. The van der Waals surface area contributed by atoms with Gasteiger partial charge in [-0.3, -0.25) is 8.97 Å². The second-order valence-corrected chi connectivity index (χ2v) is 12.1. The molecule has 0 bridgehead atoms. The third-order valence-electron chi connectivity index (χ3n) is 9.37. The van der Waals surface area contributed by atoms with Gasteiger partial charge in [0.05, 0.1) is 33.3 Å². The molecule has 0 radical (unpaired) electrons. The number of para-hydroxylation sites is 3. The third kappa shape index (κ3) is 3.86. The number of aromatic nitrogens is 4. The molecule has 0 aliphatic heterocycles. The maximum absolute atomic E-state index is 14.5. The summed E-state index contributed by atoms with van der Waals surface area (Å²) in [5.74, 6) is -0.0210. The van der Waals surface area contributed by atoms with Crippen LogP contribution < -0.4 is 0 Å². The number of benzene rings is 6. The van der Waals surface area contributed by atoms with Crippen molar-refractivity contribution >= 4 is 60.2 Å². The fourth-order valence-corrected chi connectivity index (χ4v) is 7.36. The first-order chi connectivity index (χ1) is 23.6. The van der Waals surface area contributed by atoms with Gasteiger partial charge < -0.3 is 0 Å². The molecule has 0 N–H and O–H groups in total. The van der Waals surface area contributed by atoms with E-state index >= 15 is 0 Å². The maximum Gasteiger partial charge on any atom is 0.146 e. The molecule has 0 amide bonds. The van der Waals surface area contributed by atoms with Gasteiger partial charge in [0, 0.05) is 27.1 Å². The third-order valence-corrected chi connectivity index (χ3v) is 9.37. The van der Waals surface area contributed by atoms with E-state index in [4.69, 9.17) is 9.97 Å². The second kappa shape index (κ2) is 10.0. The van der Waals surface area contributed by atoms with Crippen LogP contribution in [0.4, 0.5) is 8.78 Å². The van der Waals surface area contributed by atoms with E-state index in [1.807, 2.05) is 36.4 Å². The summed E-state index contributed by atoms with van der Waals surface area (Å²) in [6.45, 7) is 0. The topological polar surface area (TPSA) is 35.1 Å². The van der Waals surface area contributed by atoms with E-state index < -0.39 is 0 Å². The lowest BCUT2D eigenvalue weighted by molar-refractivity contribution is 0.628. The quantitative estimate of drug-likeness (QED) is 0.184. The van der Waals surface area contributed by atoms with E-state index in [0.717, 1.165) is 65.7 Å². The Labute approximate surface area is 272 Å². The summed E-state index contributed by atoms with van der Waals surface area (Å²) < 4.78 is 33.4. The van der Waals surface area contributed by atoms with Gasteiger partial charge in [-0.15, -0.1) is 0 Å². The highest BCUT2D eigenvalue weighted by atomic mass is 19.1. The van der Waals surface area contributed by atoms with Gasteiger partial charge in [0.1, 0.15) is 23.1 Å². The molecule has 0 atom stereocenters. The van der Waals surface area contributed by atoms with Gasteiger partial charge in [0.15, 0.2) is 0 Å². The number of nitrogens with zero attached hydrogens (tertiary/aromatic N) is 4. The van der Waals surface area contributed by atoms with Crippen molar-refractivity contribution in [3.05, 3.63) is 157 Å². The van der Waals surface area contributed by atoms with Crippen molar-refractivity contribution in [2.45, 2.75) is 0 Å². The largest absolute Gasteiger partial charge is 0.294 e. The van der Waals surface area contributed by atoms with Crippen molar-refractivity contribution in [1.29, 1.82) is 0 Å². The molecule has 0 unspecified atom stereocenters. The van der Waals surface area contributed by atoms with Gasteiger partial charge in [0.2, 0.25) is 0 Å². The smallest absolute Gasteiger partial charge is 0.146 e. The number of rotatable bonds is 3. The molecule has 6 heteroatoms. The van der Waals surface area contributed by atoms with Crippen LogP contribution in [0.25, 0.3) is 88.4 Å². The van der Waals surface area contributed by atoms with Crippen molar-refractivity contribution in [2.75, 3.05) is 0 Å². The van der Waals surface area contributed by atoms with Crippen molar-refractivity contribution in [3.8, 4) is 28.2 Å². The van der Waals surface area contributed by atoms with E-state index in [9.17, 15) is 8.78 Å². The molecule has 6 aromatic carbocycles. The Morgan fingerprint density at radius 1 is 0.438 bits per heavy atom. The fourth-order valence-electron chi connectivity index (χ4n) is 7.36. The molecule has 0 saturated heterocycles. The molecule has 0 saturated carbocycles. The number of pyridine rings is 2. The minimum atomic E-state index is -0.347. The predicted molar refractivity (Wildman–Crippen MR) is 191 cm³/mol. The van der Waals surface area contributed by atoms with Gasteiger partial charge in [0.25, 0.3) is 0 Å². The molecule has 10 aromatic rings. The number of fused-ring (bicyclic) bond motifs is 12. The highest BCUT2D eigenvalue weighted by Gasteiger charge is 2.21. The lowest BCUT2D eigenvalue weighted by Gasteiger charge is -2.14. The van der Waals surface area contributed by atoms with E-state index in [-0.39, 0.29) is 11.6 Å². The van der Waals surface area contributed by atoms with Gasteiger partial charge in [-0.1, -0.05) is 78.9 Å². The summed E-state index contributed by atoms with van der Waals surface area (Å²) in [7, 11) is 0. The van der Waals surface area contributed by atoms with Crippen LogP contribution in [0.1, 0.15) is 0 Å². The van der Waals surface area contributed by atoms with Crippen LogP contribution >= 0.6 is 0 Å². The molecule has 4 nitrogen and oxygen atoms in total. The van der Waals surface area contributed by atoms with E-state index in [2.05, 4.69) is 81.8 Å². The number of halogens is 2. The molecule has 10 rings (SSSR count). The number of hydrogen-bond donors (Lipinski definition) is 0. The van der Waals surface area contributed by atoms with Crippen molar-refractivity contribution in [3.63, 3.8) is 0 Å². The zero-order valence-corrected chi connectivity index (χ0v) is 25.4. The molecule has 0 fully saturated rings. The molecule has 0 spiro atoms. The predicted octanol–water partition coefficient (Wildman–Crippen LogP) is 10.9. The van der Waals surface area contributed by atoms with Crippen LogP contribution in [0.3, 0.4) is 0 Å². The monoisotopic (exact) mass is 622 g/mol. The Balaban J connectivity index is 1.37. The Morgan fingerprint density at radius 3 is 1.90 bits per heavy atom. The lowest BCUT2D eigenvalue weighted by Crippen LogP contribution is -2.00. The van der Waals surface area contributed by atoms with Crippen LogP contribution in [0.2, 0.25) is 0 Å². The summed E-state index contributed by atoms with van der Waals surface area (Å²) >= 11 is 0. The van der Waals surface area contributed by atoms with Gasteiger partial charge >= 0.3 is 0 Å². The van der Waals surface area contributed by atoms with Crippen LogP contribution in [0, 0.1) is 11.6 Å². The zero-order chi connectivity index (χ0) is 31.9. The maximum atomic E-state index is 14.5. The fraction of sp³-hybridized carbons (Fsp3) is 0. The zero-order valence-electron chi connectivity index (χ0n) is 25.4. The standard InChI is InChI=1S/C42H24F2N4/c43-28-11-7-9-25(21-28)27-23-34(26-10-8-12-29(44)22-26)45-39(24-27)47-35-17-5-3-15-32(35)41-37(47)19-20-38-40(41)30-13-1-2-14-31(30)42-46-33-16-4-6-18-36(33)48(38)42/h1-24H. The van der Waals surface area contributed by atoms with E-state index in [1.54, 1.807) is 12.1 Å². The Hall–Kier alpha value is -6.40. The minimum Gasteiger partial charge on any atom is -0.294 e. The first kappa shape index (κ1) is 26.8. The summed E-state index contributed by atoms with van der Waals surface area (Å²) in [5, 5.41) is 5.50. The molecular weight excluding hydrogens is 598 g/mol. The van der Waals surface area contributed by atoms with Crippen molar-refractivity contribution in [2.24, 2.45) is 0 Å². The molecule has 48 heavy (non-hydrogen) atoms. The normalized spacial score (nSPS) is 12.0. The molecule has 4 aromatic heterocycles. The van der Waals surface area contributed by atoms with E-state index in [1.165, 1.54) is 24.3 Å². The molecular formula is C42H24F2N4. The summed E-state index contributed by atoms with van der Waals surface area (Å²) in [4.78, 5) is 10.2. The molecule has 0 aliphatic carbocycles. The summed E-state index contributed by atoms with van der Waals surface area (Å²) in [6, 6.07) is 46.2. The minimum absolute atomic E-state index is 0.327. The number of imidazole rings is 1. The Morgan fingerprint density at radius 2 is 1.08 bits per heavy atom. The van der Waals surface area contributed by atoms with Crippen molar-refractivity contribution in [1.82, 2.24) is 18.9 Å².